The van der Waals surface area contributed by atoms with Crippen molar-refractivity contribution in [2.75, 3.05) is 0 Å². The second-order valence-electron chi connectivity index (χ2n) is 7.38. The van der Waals surface area contributed by atoms with E-state index in [1.54, 1.807) is 6.07 Å². The van der Waals surface area contributed by atoms with Gasteiger partial charge in [0.2, 0.25) is 5.91 Å². The molecule has 0 bridgehead atoms. The van der Waals surface area contributed by atoms with Gasteiger partial charge in [-0.2, -0.15) is 0 Å². The summed E-state index contributed by atoms with van der Waals surface area (Å²) in [5.41, 5.74) is 1.34. The summed E-state index contributed by atoms with van der Waals surface area (Å²) in [5.74, 6) is -0.378. The van der Waals surface area contributed by atoms with Crippen LogP contribution in [0.15, 0.2) is 22.7 Å². The van der Waals surface area contributed by atoms with E-state index in [-0.39, 0.29) is 24.2 Å². The number of hydrogen-bond acceptors (Lipinski definition) is 3. The molecule has 0 saturated heterocycles. The first-order valence-electron chi connectivity index (χ1n) is 8.99. The highest BCUT2D eigenvalue weighted by Crippen LogP contribution is 2.49. The molecule has 1 amide bonds. The van der Waals surface area contributed by atoms with Crippen LogP contribution in [0.3, 0.4) is 0 Å². The molecular formula is C19H23FN2O2. The summed E-state index contributed by atoms with van der Waals surface area (Å²) in [6, 6.07) is 4.54. The minimum Gasteiger partial charge on any atom is -0.356 e. The highest BCUT2D eigenvalue weighted by molar-refractivity contribution is 5.86. The number of rotatable bonds is 3. The van der Waals surface area contributed by atoms with Gasteiger partial charge in [-0.25, -0.2) is 4.39 Å². The Morgan fingerprint density at radius 1 is 1.25 bits per heavy atom. The summed E-state index contributed by atoms with van der Waals surface area (Å²) in [4.78, 5) is 12.6. The topological polar surface area (TPSA) is 55.1 Å². The Kier molecular flexibility index (Phi) is 4.02. The Labute approximate surface area is 140 Å². The fraction of sp³-hybridized carbons (Fsp3) is 0.579. The Hall–Kier alpha value is -1.91. The van der Waals surface area contributed by atoms with Gasteiger partial charge in [0, 0.05) is 11.4 Å². The summed E-state index contributed by atoms with van der Waals surface area (Å²) >= 11 is 0. The molecule has 0 radical (unpaired) electrons. The van der Waals surface area contributed by atoms with Crippen LogP contribution in [0.1, 0.15) is 57.1 Å². The molecule has 2 aliphatic rings. The minimum atomic E-state index is -0.343. The van der Waals surface area contributed by atoms with Gasteiger partial charge >= 0.3 is 0 Å². The summed E-state index contributed by atoms with van der Waals surface area (Å²) in [7, 11) is 0. The molecule has 1 N–H and O–H groups in total. The van der Waals surface area contributed by atoms with Gasteiger partial charge < -0.3 is 9.84 Å². The summed E-state index contributed by atoms with van der Waals surface area (Å²) in [5, 5.41) is 7.80. The maximum absolute atomic E-state index is 13.4. The first kappa shape index (κ1) is 15.6. The van der Waals surface area contributed by atoms with E-state index in [1.807, 2.05) is 0 Å². The molecule has 4 rings (SSSR count). The zero-order valence-corrected chi connectivity index (χ0v) is 13.8. The van der Waals surface area contributed by atoms with Gasteiger partial charge in [0.1, 0.15) is 11.5 Å². The predicted molar refractivity (Wildman–Crippen MR) is 89.0 cm³/mol. The van der Waals surface area contributed by atoms with Crippen LogP contribution < -0.4 is 5.32 Å². The van der Waals surface area contributed by atoms with Crippen LogP contribution in [0.25, 0.3) is 11.0 Å². The van der Waals surface area contributed by atoms with Crippen molar-refractivity contribution in [3.63, 3.8) is 0 Å². The Morgan fingerprint density at radius 2 is 2.00 bits per heavy atom. The summed E-state index contributed by atoms with van der Waals surface area (Å²) in [6.07, 6.45) is 9.93. The summed E-state index contributed by atoms with van der Waals surface area (Å²) in [6.45, 7) is 0. The van der Waals surface area contributed by atoms with Gasteiger partial charge in [-0.15, -0.1) is 0 Å². The highest BCUT2D eigenvalue weighted by atomic mass is 19.1. The maximum Gasteiger partial charge on any atom is 0.226 e. The molecule has 2 aromatic rings. The standard InChI is InChI=1S/C19H23FN2O2/c20-13-6-7-16-14(11-13)15(22-24-16)12-18(23)21-17-5-1-2-8-19(17)9-3-4-10-19/h6-7,11,17H,1-5,8-10,12H2,(H,21,23). The van der Waals surface area contributed by atoms with Gasteiger partial charge in [-0.05, 0) is 49.3 Å². The molecular weight excluding hydrogens is 307 g/mol. The third-order valence-corrected chi connectivity index (χ3v) is 5.93. The van der Waals surface area contributed by atoms with Crippen LogP contribution in [-0.2, 0) is 11.2 Å². The smallest absolute Gasteiger partial charge is 0.226 e. The average Bonchev–Trinajstić information content (AvgIpc) is 3.18. The van der Waals surface area contributed by atoms with Gasteiger partial charge in [0.05, 0.1) is 6.42 Å². The molecule has 2 fully saturated rings. The Balaban J connectivity index is 1.48. The number of nitrogens with one attached hydrogen (secondary N) is 1. The number of carbonyl (C=O) groups is 1. The summed E-state index contributed by atoms with van der Waals surface area (Å²) < 4.78 is 18.6. The van der Waals surface area contributed by atoms with E-state index < -0.39 is 0 Å². The lowest BCUT2D eigenvalue weighted by atomic mass is 9.69. The molecule has 0 aliphatic heterocycles. The molecule has 1 aromatic heterocycles. The minimum absolute atomic E-state index is 0.0346. The number of carbonyl (C=O) groups excluding carboxylic acids is 1. The molecule has 2 saturated carbocycles. The fourth-order valence-corrected chi connectivity index (χ4v) is 4.69. The SMILES string of the molecule is O=C(Cc1noc2ccc(F)cc12)NC1CCCCC12CCCC2. The molecule has 4 nitrogen and oxygen atoms in total. The third kappa shape index (κ3) is 2.80. The van der Waals surface area contributed by atoms with E-state index in [2.05, 4.69) is 10.5 Å². The largest absolute Gasteiger partial charge is 0.356 e. The number of benzene rings is 1. The number of fused-ring (bicyclic) bond motifs is 1. The van der Waals surface area contributed by atoms with Crippen molar-refractivity contribution in [1.29, 1.82) is 0 Å². The Morgan fingerprint density at radius 3 is 2.79 bits per heavy atom. The fourth-order valence-electron chi connectivity index (χ4n) is 4.69. The van der Waals surface area contributed by atoms with E-state index >= 15 is 0 Å². The Bertz CT molecular complexity index is 749. The molecule has 1 spiro atoms. The lowest BCUT2D eigenvalue weighted by molar-refractivity contribution is -0.122. The molecule has 24 heavy (non-hydrogen) atoms. The predicted octanol–water partition coefficient (Wildman–Crippen LogP) is 4.13. The molecule has 2 aliphatic carbocycles. The molecule has 5 heteroatoms. The monoisotopic (exact) mass is 330 g/mol. The quantitative estimate of drug-likeness (QED) is 0.920. The van der Waals surface area contributed by atoms with Crippen molar-refractivity contribution in [2.24, 2.45) is 5.41 Å². The van der Waals surface area contributed by atoms with Gasteiger partial charge in [-0.3, -0.25) is 4.79 Å². The highest BCUT2D eigenvalue weighted by Gasteiger charge is 2.43. The maximum atomic E-state index is 13.4. The zero-order chi connectivity index (χ0) is 16.6. The number of nitrogens with zero attached hydrogens (tertiary/aromatic N) is 1. The first-order valence-corrected chi connectivity index (χ1v) is 8.99. The second-order valence-corrected chi connectivity index (χ2v) is 7.38. The lowest BCUT2D eigenvalue weighted by Gasteiger charge is -2.42. The van der Waals surface area contributed by atoms with E-state index in [0.29, 0.717) is 22.1 Å². The van der Waals surface area contributed by atoms with Crippen LogP contribution in [0.5, 0.6) is 0 Å². The van der Waals surface area contributed by atoms with Crippen LogP contribution in [0.4, 0.5) is 4.39 Å². The molecule has 1 heterocycles. The second kappa shape index (κ2) is 6.19. The molecule has 128 valence electrons. The molecule has 1 unspecified atom stereocenters. The van der Waals surface area contributed by atoms with Crippen LogP contribution in [0.2, 0.25) is 0 Å². The third-order valence-electron chi connectivity index (χ3n) is 5.93. The molecule has 1 aromatic carbocycles. The van der Waals surface area contributed by atoms with Gasteiger partial charge in [0.15, 0.2) is 5.58 Å². The number of hydrogen-bond donors (Lipinski definition) is 1. The van der Waals surface area contributed by atoms with E-state index in [9.17, 15) is 9.18 Å². The molecule has 1 atom stereocenters. The van der Waals surface area contributed by atoms with Crippen molar-refractivity contribution in [3.8, 4) is 0 Å². The zero-order valence-electron chi connectivity index (χ0n) is 13.8. The lowest BCUT2D eigenvalue weighted by Crippen LogP contribution is -2.48. The number of aromatic nitrogens is 1. The first-order chi connectivity index (χ1) is 11.7. The van der Waals surface area contributed by atoms with Crippen molar-refractivity contribution in [3.05, 3.63) is 29.7 Å². The van der Waals surface area contributed by atoms with Crippen LogP contribution in [0, 0.1) is 11.2 Å². The van der Waals surface area contributed by atoms with E-state index in [1.165, 1.54) is 57.1 Å². The normalized spacial score (nSPS) is 23.0. The van der Waals surface area contributed by atoms with Crippen molar-refractivity contribution < 1.29 is 13.7 Å². The van der Waals surface area contributed by atoms with Gasteiger partial charge in [0.25, 0.3) is 0 Å². The van der Waals surface area contributed by atoms with E-state index in [0.717, 1.165) is 6.42 Å². The van der Waals surface area contributed by atoms with Crippen LogP contribution in [-0.4, -0.2) is 17.1 Å². The van der Waals surface area contributed by atoms with E-state index in [4.69, 9.17) is 4.52 Å². The van der Waals surface area contributed by atoms with Crippen molar-refractivity contribution in [1.82, 2.24) is 10.5 Å². The van der Waals surface area contributed by atoms with Crippen molar-refractivity contribution >= 4 is 16.9 Å². The number of amides is 1. The average molecular weight is 330 g/mol. The van der Waals surface area contributed by atoms with Crippen molar-refractivity contribution in [2.45, 2.75) is 63.8 Å². The number of halogens is 1. The van der Waals surface area contributed by atoms with Gasteiger partial charge in [-0.1, -0.05) is 30.8 Å². The van der Waals surface area contributed by atoms with Crippen LogP contribution >= 0.6 is 0 Å².